The molecule has 1 atom stereocenters. The predicted molar refractivity (Wildman–Crippen MR) is 67.4 cm³/mol. The van der Waals surface area contributed by atoms with Crippen LogP contribution in [0.25, 0.3) is 0 Å². The summed E-state index contributed by atoms with van der Waals surface area (Å²) in [6.45, 7) is 0. The summed E-state index contributed by atoms with van der Waals surface area (Å²) in [5.41, 5.74) is -0.170. The van der Waals surface area contributed by atoms with E-state index in [-0.39, 0.29) is 5.54 Å². The Morgan fingerprint density at radius 3 is 2.93 bits per heavy atom. The molecule has 1 heterocycles. The van der Waals surface area contributed by atoms with Gasteiger partial charge in [0.25, 0.3) is 0 Å². The van der Waals surface area contributed by atoms with E-state index in [0.717, 1.165) is 23.7 Å². The SMILES string of the molecule is C#CCCC1(CCI)C=CC=CN=N1. The average Bonchev–Trinajstić information content (AvgIpc) is 2.42. The maximum absolute atomic E-state index is 5.28. The molecule has 0 saturated heterocycles. The zero-order chi connectivity index (χ0) is 10.3. The van der Waals surface area contributed by atoms with Crippen molar-refractivity contribution in [2.45, 2.75) is 24.8 Å². The molecule has 0 bridgehead atoms. The molecule has 0 spiro atoms. The molecule has 0 aliphatic carbocycles. The van der Waals surface area contributed by atoms with Gasteiger partial charge in [-0.05, 0) is 18.9 Å². The first kappa shape index (κ1) is 11.4. The number of allylic oxidation sites excluding steroid dienone is 2. The van der Waals surface area contributed by atoms with Crippen LogP contribution in [-0.2, 0) is 0 Å². The minimum absolute atomic E-state index is 0.170. The van der Waals surface area contributed by atoms with Crippen LogP contribution in [0.1, 0.15) is 19.3 Å². The second-order valence-electron chi connectivity index (χ2n) is 3.16. The summed E-state index contributed by atoms with van der Waals surface area (Å²) >= 11 is 2.36. The Bertz CT molecular complexity index is 281. The molecule has 0 amide bonds. The summed E-state index contributed by atoms with van der Waals surface area (Å²) in [6, 6.07) is 0. The third-order valence-corrected chi connectivity index (χ3v) is 2.70. The fraction of sp³-hybridized carbons (Fsp3) is 0.455. The first-order valence-electron chi connectivity index (χ1n) is 4.59. The fourth-order valence-electron chi connectivity index (χ4n) is 1.35. The lowest BCUT2D eigenvalue weighted by Crippen LogP contribution is -2.23. The van der Waals surface area contributed by atoms with E-state index >= 15 is 0 Å². The maximum Gasteiger partial charge on any atom is 0.102 e. The first-order valence-corrected chi connectivity index (χ1v) is 6.11. The number of hydrogen-bond acceptors (Lipinski definition) is 2. The van der Waals surface area contributed by atoms with E-state index in [9.17, 15) is 0 Å². The summed E-state index contributed by atoms with van der Waals surface area (Å²) in [4.78, 5) is 0. The van der Waals surface area contributed by atoms with Crippen molar-refractivity contribution in [1.29, 1.82) is 0 Å². The Morgan fingerprint density at radius 2 is 2.21 bits per heavy atom. The van der Waals surface area contributed by atoms with E-state index in [1.165, 1.54) is 0 Å². The molecule has 0 aromatic carbocycles. The Hall–Kier alpha value is -0.630. The van der Waals surface area contributed by atoms with Gasteiger partial charge in [-0.15, -0.1) is 12.3 Å². The lowest BCUT2D eigenvalue weighted by molar-refractivity contribution is 0.467. The summed E-state index contributed by atoms with van der Waals surface area (Å²) in [5, 5.41) is 8.34. The van der Waals surface area contributed by atoms with Gasteiger partial charge >= 0.3 is 0 Å². The van der Waals surface area contributed by atoms with Gasteiger partial charge in [-0.3, -0.25) is 0 Å². The molecule has 1 aliphatic heterocycles. The van der Waals surface area contributed by atoms with Crippen LogP contribution in [0, 0.1) is 12.3 Å². The van der Waals surface area contributed by atoms with Crippen LogP contribution in [0.4, 0.5) is 0 Å². The molecule has 0 fully saturated rings. The highest BCUT2D eigenvalue weighted by Crippen LogP contribution is 2.27. The van der Waals surface area contributed by atoms with Crippen LogP contribution in [0.5, 0.6) is 0 Å². The van der Waals surface area contributed by atoms with Crippen LogP contribution < -0.4 is 0 Å². The van der Waals surface area contributed by atoms with Crippen LogP contribution in [-0.4, -0.2) is 9.97 Å². The van der Waals surface area contributed by atoms with Crippen molar-refractivity contribution < 1.29 is 0 Å². The summed E-state index contributed by atoms with van der Waals surface area (Å²) in [6.07, 6.45) is 15.6. The van der Waals surface area contributed by atoms with Gasteiger partial charge in [0.05, 0.1) is 0 Å². The molecule has 1 rings (SSSR count). The highest BCUT2D eigenvalue weighted by Gasteiger charge is 2.25. The molecule has 0 aromatic heterocycles. The Morgan fingerprint density at radius 1 is 1.36 bits per heavy atom. The van der Waals surface area contributed by atoms with Crippen molar-refractivity contribution >= 4 is 22.6 Å². The van der Waals surface area contributed by atoms with E-state index in [1.807, 2.05) is 12.2 Å². The lowest BCUT2D eigenvalue weighted by Gasteiger charge is -2.22. The van der Waals surface area contributed by atoms with Gasteiger partial charge in [0.2, 0.25) is 0 Å². The number of azo groups is 1. The van der Waals surface area contributed by atoms with Gasteiger partial charge in [0.1, 0.15) is 5.54 Å². The van der Waals surface area contributed by atoms with Crippen LogP contribution >= 0.6 is 22.6 Å². The van der Waals surface area contributed by atoms with E-state index in [4.69, 9.17) is 6.42 Å². The van der Waals surface area contributed by atoms with Gasteiger partial charge in [0, 0.05) is 17.0 Å². The largest absolute Gasteiger partial charge is 0.178 e. The minimum Gasteiger partial charge on any atom is -0.178 e. The van der Waals surface area contributed by atoms with Gasteiger partial charge < -0.3 is 0 Å². The second kappa shape index (κ2) is 5.97. The molecular formula is C11H13IN2. The van der Waals surface area contributed by atoms with Gasteiger partial charge in [-0.1, -0.05) is 34.7 Å². The van der Waals surface area contributed by atoms with E-state index < -0.39 is 0 Å². The Labute approximate surface area is 98.7 Å². The molecule has 2 nitrogen and oxygen atoms in total. The van der Waals surface area contributed by atoms with Crippen molar-refractivity contribution in [3.8, 4) is 12.3 Å². The molecule has 0 radical (unpaired) electrons. The van der Waals surface area contributed by atoms with Gasteiger partial charge in [0.15, 0.2) is 0 Å². The number of halogens is 1. The Kier molecular flexibility index (Phi) is 4.88. The maximum atomic E-state index is 5.28. The second-order valence-corrected chi connectivity index (χ2v) is 4.24. The van der Waals surface area contributed by atoms with Crippen LogP contribution in [0.2, 0.25) is 0 Å². The molecule has 1 unspecified atom stereocenters. The smallest absolute Gasteiger partial charge is 0.102 e. The summed E-state index contributed by atoms with van der Waals surface area (Å²) in [7, 11) is 0. The number of nitrogens with zero attached hydrogens (tertiary/aromatic N) is 2. The van der Waals surface area contributed by atoms with Crippen molar-refractivity contribution in [2.24, 2.45) is 10.2 Å². The molecule has 1 aliphatic rings. The highest BCUT2D eigenvalue weighted by atomic mass is 127. The molecule has 0 N–H and O–H groups in total. The van der Waals surface area contributed by atoms with Crippen LogP contribution in [0.15, 0.2) is 34.7 Å². The molecule has 14 heavy (non-hydrogen) atoms. The number of rotatable bonds is 4. The van der Waals surface area contributed by atoms with Crippen LogP contribution in [0.3, 0.4) is 0 Å². The third-order valence-electron chi connectivity index (χ3n) is 2.16. The van der Waals surface area contributed by atoms with Crippen molar-refractivity contribution in [3.63, 3.8) is 0 Å². The predicted octanol–water partition coefficient (Wildman–Crippen LogP) is 3.50. The lowest BCUT2D eigenvalue weighted by atomic mass is 9.91. The molecule has 74 valence electrons. The standard InChI is InChI=1S/C11H13IN2/c1-2-3-6-11(8-9-12)7-4-5-10-13-14-11/h1,4-5,7,10H,3,6,8-9H2. The van der Waals surface area contributed by atoms with E-state index in [1.54, 1.807) is 6.20 Å². The zero-order valence-corrected chi connectivity index (χ0v) is 10.1. The average molecular weight is 300 g/mol. The molecule has 0 saturated carbocycles. The molecular weight excluding hydrogens is 287 g/mol. The number of alkyl halides is 1. The number of hydrogen-bond donors (Lipinski definition) is 0. The molecule has 3 heteroatoms. The number of terminal acetylenes is 1. The minimum atomic E-state index is -0.170. The summed E-state index contributed by atoms with van der Waals surface area (Å²) < 4.78 is 1.06. The van der Waals surface area contributed by atoms with E-state index in [2.05, 4.69) is 44.8 Å². The quantitative estimate of drug-likeness (QED) is 0.431. The van der Waals surface area contributed by atoms with Gasteiger partial charge in [-0.2, -0.15) is 10.2 Å². The third kappa shape index (κ3) is 3.26. The zero-order valence-electron chi connectivity index (χ0n) is 7.99. The van der Waals surface area contributed by atoms with Crippen molar-refractivity contribution in [3.05, 3.63) is 24.4 Å². The first-order chi connectivity index (χ1) is 6.83. The summed E-state index contributed by atoms with van der Waals surface area (Å²) in [5.74, 6) is 2.66. The van der Waals surface area contributed by atoms with Gasteiger partial charge in [-0.25, -0.2) is 0 Å². The fourth-order valence-corrected chi connectivity index (χ4v) is 2.28. The topological polar surface area (TPSA) is 24.7 Å². The van der Waals surface area contributed by atoms with Crippen molar-refractivity contribution in [1.82, 2.24) is 0 Å². The molecule has 0 aromatic rings. The Balaban J connectivity index is 2.75. The van der Waals surface area contributed by atoms with E-state index in [0.29, 0.717) is 0 Å². The highest BCUT2D eigenvalue weighted by molar-refractivity contribution is 14.1. The monoisotopic (exact) mass is 300 g/mol. The van der Waals surface area contributed by atoms with Crippen molar-refractivity contribution in [2.75, 3.05) is 4.43 Å². The normalized spacial score (nSPS) is 24.6.